The molecule has 1 spiro atoms. The number of aromatic nitrogens is 3. The number of aryl methyl sites for hydroxylation is 1. The van der Waals surface area contributed by atoms with E-state index in [0.717, 1.165) is 54.5 Å². The molecule has 1 aliphatic carbocycles. The first-order chi connectivity index (χ1) is 14.4. The van der Waals surface area contributed by atoms with E-state index in [1.165, 1.54) is 12.8 Å². The highest BCUT2D eigenvalue weighted by Gasteiger charge is 2.46. The number of anilines is 1. The molecule has 2 aromatic rings. The second-order valence-electron chi connectivity index (χ2n) is 9.29. The molecule has 0 unspecified atom stereocenters. The van der Waals surface area contributed by atoms with E-state index in [-0.39, 0.29) is 17.0 Å². The van der Waals surface area contributed by atoms with Gasteiger partial charge in [-0.15, -0.1) is 0 Å². The molecule has 0 bridgehead atoms. The highest BCUT2D eigenvalue weighted by Crippen LogP contribution is 2.48. The monoisotopic (exact) mass is 406 g/mol. The highest BCUT2D eigenvalue weighted by atomic mass is 16.1. The first-order valence-corrected chi connectivity index (χ1v) is 11.0. The Morgan fingerprint density at radius 1 is 1.23 bits per heavy atom. The second-order valence-corrected chi connectivity index (χ2v) is 9.29. The van der Waals surface area contributed by atoms with Crippen molar-refractivity contribution in [1.82, 2.24) is 14.5 Å². The highest BCUT2D eigenvalue weighted by molar-refractivity contribution is 6.15. The molecule has 2 fully saturated rings. The average Bonchev–Trinajstić information content (AvgIpc) is 3.29. The summed E-state index contributed by atoms with van der Waals surface area (Å²) in [6.07, 6.45) is 6.35. The summed E-state index contributed by atoms with van der Waals surface area (Å²) in [5.41, 5.74) is 10.7. The molecule has 0 radical (unpaired) electrons. The lowest BCUT2D eigenvalue weighted by molar-refractivity contribution is 0.185. The summed E-state index contributed by atoms with van der Waals surface area (Å²) in [6, 6.07) is 4.14. The lowest BCUT2D eigenvalue weighted by Crippen LogP contribution is -2.49. The third kappa shape index (κ3) is 2.82. The average molecular weight is 407 g/mol. The van der Waals surface area contributed by atoms with Gasteiger partial charge in [-0.2, -0.15) is 0 Å². The van der Waals surface area contributed by atoms with Crippen molar-refractivity contribution >= 4 is 11.7 Å². The molecule has 7 nitrogen and oxygen atoms in total. The molecule has 2 N–H and O–H groups in total. The third-order valence-electron chi connectivity index (χ3n) is 7.69. The standard InChI is InChI=1S/C23H30N6O/c1-14-6-7-23(20(14)24)8-11-29(12-9-23)22-27-17-13-26-19(18(17)21(30)28(22)3)16-5-4-10-25-15(16)2/h4-5,10,14,20H,6-9,11-13,24H2,1-3H3/t14-,20-/m1/s1. The molecule has 158 valence electrons. The molecule has 0 aromatic carbocycles. The molecule has 1 saturated carbocycles. The van der Waals surface area contributed by atoms with Crippen LogP contribution in [0.4, 0.5) is 5.95 Å². The second kappa shape index (κ2) is 7.01. The molecular weight excluding hydrogens is 376 g/mol. The van der Waals surface area contributed by atoms with E-state index < -0.39 is 0 Å². The Hall–Kier alpha value is -2.54. The summed E-state index contributed by atoms with van der Waals surface area (Å²) < 4.78 is 1.70. The van der Waals surface area contributed by atoms with E-state index in [9.17, 15) is 4.79 Å². The fraction of sp³-hybridized carbons (Fsp3) is 0.565. The van der Waals surface area contributed by atoms with E-state index in [1.54, 1.807) is 10.8 Å². The predicted octanol–water partition coefficient (Wildman–Crippen LogP) is 2.18. The largest absolute Gasteiger partial charge is 0.342 e. The number of hydrogen-bond acceptors (Lipinski definition) is 6. The molecule has 0 amide bonds. The van der Waals surface area contributed by atoms with Crippen molar-refractivity contribution in [3.63, 3.8) is 0 Å². The minimum Gasteiger partial charge on any atom is -0.342 e. The topological polar surface area (TPSA) is 89.4 Å². The van der Waals surface area contributed by atoms with Gasteiger partial charge in [-0.3, -0.25) is 19.3 Å². The predicted molar refractivity (Wildman–Crippen MR) is 118 cm³/mol. The van der Waals surface area contributed by atoms with Crippen LogP contribution in [-0.4, -0.2) is 39.4 Å². The van der Waals surface area contributed by atoms with Gasteiger partial charge in [0.25, 0.3) is 5.56 Å². The van der Waals surface area contributed by atoms with E-state index in [1.807, 2.05) is 26.1 Å². The van der Waals surface area contributed by atoms with Gasteiger partial charge < -0.3 is 10.6 Å². The van der Waals surface area contributed by atoms with Crippen LogP contribution in [0.2, 0.25) is 0 Å². The summed E-state index contributed by atoms with van der Waals surface area (Å²) in [4.78, 5) is 29.5. The number of nitrogens with zero attached hydrogens (tertiary/aromatic N) is 5. The van der Waals surface area contributed by atoms with Gasteiger partial charge in [0.05, 0.1) is 23.5 Å². The van der Waals surface area contributed by atoms with Gasteiger partial charge in [-0.1, -0.05) is 6.92 Å². The Balaban J connectivity index is 1.44. The molecule has 1 saturated heterocycles. The van der Waals surface area contributed by atoms with Gasteiger partial charge in [0.1, 0.15) is 0 Å². The lowest BCUT2D eigenvalue weighted by atomic mass is 9.73. The van der Waals surface area contributed by atoms with Gasteiger partial charge >= 0.3 is 0 Å². The number of nitrogens with two attached hydrogens (primary N) is 1. The van der Waals surface area contributed by atoms with Crippen LogP contribution in [0.1, 0.15) is 55.1 Å². The van der Waals surface area contributed by atoms with E-state index >= 15 is 0 Å². The van der Waals surface area contributed by atoms with Crippen LogP contribution >= 0.6 is 0 Å². The van der Waals surface area contributed by atoms with E-state index in [0.29, 0.717) is 18.0 Å². The van der Waals surface area contributed by atoms with Crippen molar-refractivity contribution in [1.29, 1.82) is 0 Å². The van der Waals surface area contributed by atoms with Crippen LogP contribution in [0.15, 0.2) is 28.1 Å². The number of aliphatic imine (C=N–C) groups is 1. The first-order valence-electron chi connectivity index (χ1n) is 11.0. The molecule has 2 aliphatic heterocycles. The van der Waals surface area contributed by atoms with Crippen molar-refractivity contribution < 1.29 is 0 Å². The Bertz CT molecular complexity index is 1080. The van der Waals surface area contributed by atoms with Gasteiger partial charge in [0.2, 0.25) is 5.95 Å². The van der Waals surface area contributed by atoms with Gasteiger partial charge in [-0.25, -0.2) is 4.98 Å². The summed E-state index contributed by atoms with van der Waals surface area (Å²) in [6.45, 7) is 6.46. The number of piperidine rings is 1. The fourth-order valence-corrected chi connectivity index (χ4v) is 5.66. The maximum absolute atomic E-state index is 13.3. The SMILES string of the molecule is Cc1ncccc1C1=NCc2nc(N3CCC4(CC[C@@H](C)[C@H]4N)CC3)n(C)c(=O)c21. The van der Waals surface area contributed by atoms with E-state index in [2.05, 4.69) is 21.8 Å². The van der Waals surface area contributed by atoms with E-state index in [4.69, 9.17) is 10.7 Å². The molecule has 3 aliphatic rings. The Morgan fingerprint density at radius 3 is 2.67 bits per heavy atom. The van der Waals surface area contributed by atoms with Crippen molar-refractivity contribution in [3.8, 4) is 0 Å². The zero-order valence-electron chi connectivity index (χ0n) is 18.1. The normalized spacial score (nSPS) is 24.9. The molecule has 5 rings (SSSR count). The van der Waals surface area contributed by atoms with Gasteiger partial charge in [-0.05, 0) is 56.1 Å². The molecule has 7 heteroatoms. The summed E-state index contributed by atoms with van der Waals surface area (Å²) in [5, 5.41) is 0. The van der Waals surface area contributed by atoms with Crippen LogP contribution in [0.25, 0.3) is 0 Å². The third-order valence-corrected chi connectivity index (χ3v) is 7.69. The van der Waals surface area contributed by atoms with Crippen LogP contribution in [-0.2, 0) is 13.6 Å². The molecular formula is C23H30N6O. The van der Waals surface area contributed by atoms with Crippen molar-refractivity contribution in [2.24, 2.45) is 29.1 Å². The smallest absolute Gasteiger partial charge is 0.264 e. The van der Waals surface area contributed by atoms with Crippen molar-refractivity contribution in [3.05, 3.63) is 51.2 Å². The maximum atomic E-state index is 13.3. The molecule has 30 heavy (non-hydrogen) atoms. The maximum Gasteiger partial charge on any atom is 0.264 e. The zero-order chi connectivity index (χ0) is 21.0. The van der Waals surface area contributed by atoms with Crippen LogP contribution < -0.4 is 16.2 Å². The van der Waals surface area contributed by atoms with Crippen molar-refractivity contribution in [2.75, 3.05) is 18.0 Å². The fourth-order valence-electron chi connectivity index (χ4n) is 5.66. The zero-order valence-corrected chi connectivity index (χ0v) is 18.1. The van der Waals surface area contributed by atoms with Crippen LogP contribution in [0, 0.1) is 18.3 Å². The summed E-state index contributed by atoms with van der Waals surface area (Å²) in [5.74, 6) is 1.36. The molecule has 4 heterocycles. The first kappa shape index (κ1) is 19.4. The van der Waals surface area contributed by atoms with Crippen LogP contribution in [0.3, 0.4) is 0 Å². The minimum atomic E-state index is -0.0269. The number of rotatable bonds is 2. The summed E-state index contributed by atoms with van der Waals surface area (Å²) in [7, 11) is 1.82. The Labute approximate surface area is 177 Å². The molecule has 2 atom stereocenters. The molecule has 2 aromatic heterocycles. The van der Waals surface area contributed by atoms with Crippen LogP contribution in [0.5, 0.6) is 0 Å². The Kier molecular flexibility index (Phi) is 4.54. The van der Waals surface area contributed by atoms with Crippen molar-refractivity contribution in [2.45, 2.75) is 52.1 Å². The van der Waals surface area contributed by atoms with Gasteiger partial charge in [0, 0.05) is 43.6 Å². The Morgan fingerprint density at radius 2 is 2.00 bits per heavy atom. The number of hydrogen-bond donors (Lipinski definition) is 1. The van der Waals surface area contributed by atoms with Gasteiger partial charge in [0.15, 0.2) is 0 Å². The quantitative estimate of drug-likeness (QED) is 0.826. The minimum absolute atomic E-state index is 0.0269. The lowest BCUT2D eigenvalue weighted by Gasteiger charge is -2.43. The number of fused-ring (bicyclic) bond motifs is 1. The summed E-state index contributed by atoms with van der Waals surface area (Å²) >= 11 is 0. The number of pyridine rings is 1.